The van der Waals surface area contributed by atoms with Crippen LogP contribution in [0.5, 0.6) is 0 Å². The summed E-state index contributed by atoms with van der Waals surface area (Å²) in [5.74, 6) is -0.0770. The number of hydrogen-bond donors (Lipinski definition) is 3. The molecule has 3 N–H and O–H groups in total. The maximum Gasteiger partial charge on any atom is 0.305 e. The van der Waals surface area contributed by atoms with Crippen molar-refractivity contribution < 1.29 is 24.5 Å². The largest absolute Gasteiger partial charge is 0.466 e. The molecule has 0 aromatic rings. The van der Waals surface area contributed by atoms with Gasteiger partial charge >= 0.3 is 5.97 Å². The molecule has 0 heterocycles. The Labute approximate surface area is 411 Å². The predicted octanol–water partition coefficient (Wildman–Crippen LogP) is 18.0. The van der Waals surface area contributed by atoms with Crippen molar-refractivity contribution in [3.8, 4) is 0 Å². The number of aliphatic hydroxyl groups excluding tert-OH is 2. The SMILES string of the molecule is CCC/C=C\C/C=C\CCCCCCCC(=O)OCCCCCCCCCCCCCCCCCCCCCC(=O)NC(CO)C(O)/C=C/CCCCCCCCCCCCCCCCC. The first-order valence-corrected chi connectivity index (χ1v) is 29.3. The van der Waals surface area contributed by atoms with E-state index < -0.39 is 12.1 Å². The van der Waals surface area contributed by atoms with Crippen LogP contribution in [-0.4, -0.2) is 47.4 Å². The number of unbranched alkanes of at least 4 members (excludes halogenated alkanes) is 39. The summed E-state index contributed by atoms with van der Waals surface area (Å²) >= 11 is 0. The number of ether oxygens (including phenoxy) is 1. The number of aliphatic hydroxyl groups is 2. The molecule has 0 rings (SSSR count). The Morgan fingerprint density at radius 3 is 1.21 bits per heavy atom. The fraction of sp³-hybridized carbons (Fsp3) is 0.867. The second-order valence-corrected chi connectivity index (χ2v) is 20.0. The van der Waals surface area contributed by atoms with Crippen LogP contribution in [0.3, 0.4) is 0 Å². The summed E-state index contributed by atoms with van der Waals surface area (Å²) in [7, 11) is 0. The molecule has 2 unspecified atom stereocenters. The van der Waals surface area contributed by atoms with Gasteiger partial charge in [-0.05, 0) is 57.8 Å². The van der Waals surface area contributed by atoms with E-state index in [-0.39, 0.29) is 18.5 Å². The van der Waals surface area contributed by atoms with Crippen molar-refractivity contribution in [2.45, 2.75) is 321 Å². The minimum absolute atomic E-state index is 0.00717. The third kappa shape index (κ3) is 51.5. The van der Waals surface area contributed by atoms with Crippen LogP contribution in [-0.2, 0) is 14.3 Å². The Bertz CT molecular complexity index is 1070. The van der Waals surface area contributed by atoms with Crippen LogP contribution in [0.1, 0.15) is 309 Å². The molecule has 0 aliphatic rings. The van der Waals surface area contributed by atoms with Gasteiger partial charge in [0.05, 0.1) is 25.4 Å². The van der Waals surface area contributed by atoms with Gasteiger partial charge in [0, 0.05) is 12.8 Å². The third-order valence-corrected chi connectivity index (χ3v) is 13.4. The van der Waals surface area contributed by atoms with Crippen LogP contribution in [0.25, 0.3) is 0 Å². The van der Waals surface area contributed by atoms with Crippen molar-refractivity contribution in [2.75, 3.05) is 13.2 Å². The van der Waals surface area contributed by atoms with Crippen molar-refractivity contribution >= 4 is 11.9 Å². The summed E-state index contributed by atoms with van der Waals surface area (Å²) in [4.78, 5) is 24.5. The summed E-state index contributed by atoms with van der Waals surface area (Å²) < 4.78 is 5.46. The highest BCUT2D eigenvalue weighted by Crippen LogP contribution is 2.17. The maximum absolute atomic E-state index is 12.5. The van der Waals surface area contributed by atoms with Gasteiger partial charge in [0.1, 0.15) is 0 Å². The molecule has 0 radical (unpaired) electrons. The topological polar surface area (TPSA) is 95.9 Å². The van der Waals surface area contributed by atoms with E-state index in [1.54, 1.807) is 6.08 Å². The fourth-order valence-corrected chi connectivity index (χ4v) is 8.91. The van der Waals surface area contributed by atoms with E-state index in [0.29, 0.717) is 19.4 Å². The van der Waals surface area contributed by atoms with E-state index >= 15 is 0 Å². The van der Waals surface area contributed by atoms with Gasteiger partial charge in [-0.2, -0.15) is 0 Å². The molecule has 66 heavy (non-hydrogen) atoms. The molecule has 0 saturated carbocycles. The number of hydrogen-bond acceptors (Lipinski definition) is 5. The number of carbonyl (C=O) groups excluding carboxylic acids is 2. The van der Waals surface area contributed by atoms with Crippen LogP contribution in [0.2, 0.25) is 0 Å². The van der Waals surface area contributed by atoms with E-state index in [4.69, 9.17) is 4.74 Å². The van der Waals surface area contributed by atoms with Crippen molar-refractivity contribution in [1.82, 2.24) is 5.32 Å². The van der Waals surface area contributed by atoms with Crippen LogP contribution in [0, 0.1) is 0 Å². The predicted molar refractivity (Wildman–Crippen MR) is 287 cm³/mol. The summed E-state index contributed by atoms with van der Waals surface area (Å²) in [6.07, 6.45) is 68.8. The standard InChI is InChI=1S/C60H113NO5/c1-3-5-7-9-11-13-15-17-18-22-25-29-32-36-40-44-48-52-58(63)57(56-62)61-59(64)53-49-45-41-37-33-30-26-23-20-19-21-24-27-31-35-39-43-47-51-55-66-60(65)54-50-46-42-38-34-28-16-14-12-10-8-6-4-2/h8,10,14,16,48,52,57-58,62-63H,3-7,9,11-13,15,17-47,49-51,53-56H2,1-2H3,(H,61,64)/b10-8-,16-14-,52-48+. The quantitative estimate of drug-likeness (QED) is 0.0321. The van der Waals surface area contributed by atoms with E-state index in [1.165, 1.54) is 231 Å². The number of carbonyl (C=O) groups is 2. The van der Waals surface area contributed by atoms with Crippen molar-refractivity contribution in [3.63, 3.8) is 0 Å². The van der Waals surface area contributed by atoms with Gasteiger partial charge in [-0.25, -0.2) is 0 Å². The summed E-state index contributed by atoms with van der Waals surface area (Å²) in [5, 5.41) is 23.1. The second-order valence-electron chi connectivity index (χ2n) is 20.0. The molecule has 0 saturated heterocycles. The lowest BCUT2D eigenvalue weighted by Crippen LogP contribution is -2.45. The van der Waals surface area contributed by atoms with Crippen LogP contribution in [0.4, 0.5) is 0 Å². The van der Waals surface area contributed by atoms with Gasteiger partial charge in [0.15, 0.2) is 0 Å². The molecule has 6 nitrogen and oxygen atoms in total. The number of amides is 1. The lowest BCUT2D eigenvalue weighted by atomic mass is 10.0. The number of allylic oxidation sites excluding steroid dienone is 5. The van der Waals surface area contributed by atoms with Gasteiger partial charge in [-0.3, -0.25) is 9.59 Å². The minimum atomic E-state index is -0.847. The molecular formula is C60H113NO5. The van der Waals surface area contributed by atoms with E-state index in [1.807, 2.05) is 6.08 Å². The van der Waals surface area contributed by atoms with E-state index in [9.17, 15) is 19.8 Å². The minimum Gasteiger partial charge on any atom is -0.466 e. The maximum atomic E-state index is 12.5. The van der Waals surface area contributed by atoms with Gasteiger partial charge in [-0.15, -0.1) is 0 Å². The first-order chi connectivity index (χ1) is 32.5. The molecular weight excluding hydrogens is 815 g/mol. The molecule has 0 aliphatic heterocycles. The highest BCUT2D eigenvalue weighted by atomic mass is 16.5. The summed E-state index contributed by atoms with van der Waals surface area (Å²) in [6.45, 7) is 4.84. The lowest BCUT2D eigenvalue weighted by Gasteiger charge is -2.20. The molecule has 0 aliphatic carbocycles. The van der Waals surface area contributed by atoms with Crippen LogP contribution >= 0.6 is 0 Å². The fourth-order valence-electron chi connectivity index (χ4n) is 8.91. The van der Waals surface area contributed by atoms with Crippen LogP contribution in [0.15, 0.2) is 36.5 Å². The number of esters is 1. The molecule has 1 amide bonds. The van der Waals surface area contributed by atoms with Gasteiger partial charge in [0.25, 0.3) is 0 Å². The van der Waals surface area contributed by atoms with Crippen molar-refractivity contribution in [3.05, 3.63) is 36.5 Å². The Balaban J connectivity index is 3.44. The molecule has 0 aromatic carbocycles. The average Bonchev–Trinajstić information content (AvgIpc) is 3.32. The second kappa shape index (κ2) is 55.7. The Morgan fingerprint density at radius 1 is 0.424 bits per heavy atom. The highest BCUT2D eigenvalue weighted by Gasteiger charge is 2.18. The zero-order chi connectivity index (χ0) is 47.9. The number of nitrogens with one attached hydrogen (secondary N) is 1. The first kappa shape index (κ1) is 64.1. The monoisotopic (exact) mass is 928 g/mol. The zero-order valence-corrected chi connectivity index (χ0v) is 44.2. The third-order valence-electron chi connectivity index (χ3n) is 13.4. The van der Waals surface area contributed by atoms with Gasteiger partial charge in [-0.1, -0.05) is 275 Å². The Morgan fingerprint density at radius 2 is 0.788 bits per heavy atom. The molecule has 388 valence electrons. The van der Waals surface area contributed by atoms with E-state index in [2.05, 4.69) is 43.5 Å². The molecule has 6 heteroatoms. The van der Waals surface area contributed by atoms with E-state index in [0.717, 1.165) is 51.4 Å². The Hall–Kier alpha value is -1.92. The highest BCUT2D eigenvalue weighted by molar-refractivity contribution is 5.76. The smallest absolute Gasteiger partial charge is 0.305 e. The molecule has 0 bridgehead atoms. The summed E-state index contributed by atoms with van der Waals surface area (Å²) in [5.41, 5.74) is 0. The molecule has 2 atom stereocenters. The normalized spacial score (nSPS) is 12.8. The Kier molecular flexibility index (Phi) is 54.1. The average molecular weight is 929 g/mol. The number of rotatable bonds is 54. The van der Waals surface area contributed by atoms with Crippen molar-refractivity contribution in [2.24, 2.45) is 0 Å². The molecule has 0 aromatic heterocycles. The lowest BCUT2D eigenvalue weighted by molar-refractivity contribution is -0.143. The molecule has 0 spiro atoms. The van der Waals surface area contributed by atoms with Gasteiger partial charge in [0.2, 0.25) is 5.91 Å². The zero-order valence-electron chi connectivity index (χ0n) is 44.2. The first-order valence-electron chi connectivity index (χ1n) is 29.3. The van der Waals surface area contributed by atoms with Gasteiger partial charge < -0.3 is 20.3 Å². The van der Waals surface area contributed by atoms with Crippen molar-refractivity contribution in [1.29, 1.82) is 0 Å². The summed E-state index contributed by atoms with van der Waals surface area (Å²) in [6, 6.07) is -0.631. The van der Waals surface area contributed by atoms with Crippen LogP contribution < -0.4 is 5.32 Å². The molecule has 0 fully saturated rings.